The maximum atomic E-state index is 13.2. The lowest BCUT2D eigenvalue weighted by Crippen LogP contribution is -2.00. The van der Waals surface area contributed by atoms with Gasteiger partial charge in [0, 0.05) is 24.2 Å². The molecule has 0 radical (unpaired) electrons. The molecule has 7 nitrogen and oxygen atoms in total. The average Bonchev–Trinajstić information content (AvgIpc) is 2.57. The number of fused-ring (bicyclic) bond motifs is 1. The van der Waals surface area contributed by atoms with E-state index in [0.29, 0.717) is 28.1 Å². The van der Waals surface area contributed by atoms with Crippen molar-refractivity contribution in [3.05, 3.63) is 57.6 Å². The highest BCUT2D eigenvalue weighted by Gasteiger charge is 2.17. The number of nitrogens with one attached hydrogen (secondary N) is 2. The SMILES string of the molecule is CNc1cc2ncnc(Nc3ccc(F)c(Cl)c3)c2cc1[N+](=O)[O-]. The van der Waals surface area contributed by atoms with E-state index in [1.807, 2.05) is 0 Å². The summed E-state index contributed by atoms with van der Waals surface area (Å²) in [6.07, 6.45) is 1.33. The molecule has 3 rings (SSSR count). The first kappa shape index (κ1) is 15.9. The summed E-state index contributed by atoms with van der Waals surface area (Å²) in [6.45, 7) is 0. The lowest BCUT2D eigenvalue weighted by atomic mass is 10.1. The van der Waals surface area contributed by atoms with E-state index in [1.54, 1.807) is 13.1 Å². The molecule has 0 amide bonds. The minimum Gasteiger partial charge on any atom is -0.383 e. The average molecular weight is 348 g/mol. The summed E-state index contributed by atoms with van der Waals surface area (Å²) in [5.74, 6) is -0.183. The second-order valence-corrected chi connectivity index (χ2v) is 5.28. The Balaban J connectivity index is 2.12. The number of aromatic nitrogens is 2. The van der Waals surface area contributed by atoms with E-state index in [-0.39, 0.29) is 10.7 Å². The maximum absolute atomic E-state index is 13.2. The summed E-state index contributed by atoms with van der Waals surface area (Å²) < 4.78 is 13.2. The number of nitrogens with zero attached hydrogens (tertiary/aromatic N) is 3. The van der Waals surface area contributed by atoms with Crippen LogP contribution in [-0.4, -0.2) is 21.9 Å². The van der Waals surface area contributed by atoms with Crippen molar-refractivity contribution in [3.8, 4) is 0 Å². The van der Waals surface area contributed by atoms with Gasteiger partial charge in [-0.1, -0.05) is 11.6 Å². The number of rotatable bonds is 4. The molecule has 0 saturated carbocycles. The van der Waals surface area contributed by atoms with Gasteiger partial charge in [-0.05, 0) is 24.3 Å². The Labute approximate surface area is 140 Å². The Kier molecular flexibility index (Phi) is 4.13. The Morgan fingerprint density at radius 2 is 2.04 bits per heavy atom. The van der Waals surface area contributed by atoms with E-state index in [0.717, 1.165) is 0 Å². The van der Waals surface area contributed by atoms with Crippen molar-refractivity contribution in [1.29, 1.82) is 0 Å². The molecule has 0 fully saturated rings. The van der Waals surface area contributed by atoms with Gasteiger partial charge < -0.3 is 10.6 Å². The van der Waals surface area contributed by atoms with Crippen LogP contribution in [0.25, 0.3) is 10.9 Å². The number of hydrogen-bond donors (Lipinski definition) is 2. The molecular weight excluding hydrogens is 337 g/mol. The van der Waals surface area contributed by atoms with E-state index in [9.17, 15) is 14.5 Å². The Bertz CT molecular complexity index is 951. The van der Waals surface area contributed by atoms with Crippen molar-refractivity contribution in [1.82, 2.24) is 9.97 Å². The topological polar surface area (TPSA) is 93.0 Å². The molecule has 0 saturated heterocycles. The molecule has 0 aliphatic heterocycles. The molecular formula is C15H11ClFN5O2. The molecule has 2 aromatic carbocycles. The molecule has 2 N–H and O–H groups in total. The highest BCUT2D eigenvalue weighted by atomic mass is 35.5. The van der Waals surface area contributed by atoms with Crippen LogP contribution in [0.3, 0.4) is 0 Å². The largest absolute Gasteiger partial charge is 0.383 e. The van der Waals surface area contributed by atoms with Crippen LogP contribution >= 0.6 is 11.6 Å². The molecule has 24 heavy (non-hydrogen) atoms. The molecule has 1 aromatic heterocycles. The number of anilines is 3. The van der Waals surface area contributed by atoms with Crippen molar-refractivity contribution >= 4 is 45.4 Å². The van der Waals surface area contributed by atoms with Gasteiger partial charge in [-0.25, -0.2) is 14.4 Å². The first-order valence-corrected chi connectivity index (χ1v) is 7.20. The van der Waals surface area contributed by atoms with Gasteiger partial charge >= 0.3 is 0 Å². The standard InChI is InChI=1S/C15H11ClFN5O2/c1-18-13-6-12-9(5-14(13)22(23)24)15(20-7-19-12)21-8-2-3-11(17)10(16)4-8/h2-7,18H,1H3,(H,19,20,21). The van der Waals surface area contributed by atoms with Gasteiger partial charge in [-0.15, -0.1) is 0 Å². The zero-order chi connectivity index (χ0) is 17.3. The molecule has 1 heterocycles. The second kappa shape index (κ2) is 6.25. The summed E-state index contributed by atoms with van der Waals surface area (Å²) in [6, 6.07) is 7.06. The van der Waals surface area contributed by atoms with Gasteiger partial charge in [-0.2, -0.15) is 0 Å². The quantitative estimate of drug-likeness (QED) is 0.545. The molecule has 9 heteroatoms. The molecule has 0 aliphatic carbocycles. The predicted molar refractivity (Wildman–Crippen MR) is 90.4 cm³/mol. The summed E-state index contributed by atoms with van der Waals surface area (Å²) in [7, 11) is 1.59. The van der Waals surface area contributed by atoms with Gasteiger partial charge in [-0.3, -0.25) is 10.1 Å². The van der Waals surface area contributed by atoms with Crippen molar-refractivity contribution in [2.24, 2.45) is 0 Å². The maximum Gasteiger partial charge on any atom is 0.293 e. The van der Waals surface area contributed by atoms with Crippen LogP contribution in [0.1, 0.15) is 0 Å². The number of nitro groups is 1. The fourth-order valence-electron chi connectivity index (χ4n) is 2.25. The highest BCUT2D eigenvalue weighted by molar-refractivity contribution is 6.31. The molecule has 0 aliphatic rings. The summed E-state index contributed by atoms with van der Waals surface area (Å²) in [5, 5.41) is 17.4. The van der Waals surface area contributed by atoms with Crippen molar-refractivity contribution < 1.29 is 9.31 Å². The van der Waals surface area contributed by atoms with Crippen LogP contribution in [0, 0.1) is 15.9 Å². The fourth-order valence-corrected chi connectivity index (χ4v) is 2.43. The fraction of sp³-hybridized carbons (Fsp3) is 0.0667. The van der Waals surface area contributed by atoms with Crippen molar-refractivity contribution in [3.63, 3.8) is 0 Å². The van der Waals surface area contributed by atoms with Gasteiger partial charge in [0.15, 0.2) is 0 Å². The van der Waals surface area contributed by atoms with Gasteiger partial charge in [0.1, 0.15) is 23.6 Å². The lowest BCUT2D eigenvalue weighted by Gasteiger charge is -2.10. The molecule has 0 spiro atoms. The first-order chi connectivity index (χ1) is 11.5. The van der Waals surface area contributed by atoms with Crippen LogP contribution in [0.15, 0.2) is 36.7 Å². The Morgan fingerprint density at radius 3 is 2.71 bits per heavy atom. The molecule has 0 atom stereocenters. The summed E-state index contributed by atoms with van der Waals surface area (Å²) in [5.41, 5.74) is 1.28. The minimum absolute atomic E-state index is 0.0400. The highest BCUT2D eigenvalue weighted by Crippen LogP contribution is 2.33. The third-order valence-corrected chi connectivity index (χ3v) is 3.69. The molecule has 0 bridgehead atoms. The van der Waals surface area contributed by atoms with Crippen LogP contribution in [-0.2, 0) is 0 Å². The zero-order valence-corrected chi connectivity index (χ0v) is 13.1. The van der Waals surface area contributed by atoms with Crippen LogP contribution < -0.4 is 10.6 Å². The van der Waals surface area contributed by atoms with Gasteiger partial charge in [0.25, 0.3) is 5.69 Å². The third-order valence-electron chi connectivity index (χ3n) is 3.40. The number of hydrogen-bond acceptors (Lipinski definition) is 6. The smallest absolute Gasteiger partial charge is 0.293 e. The molecule has 122 valence electrons. The minimum atomic E-state index is -0.538. The predicted octanol–water partition coefficient (Wildman–Crippen LogP) is 4.12. The molecule has 3 aromatic rings. The van der Waals surface area contributed by atoms with E-state index in [4.69, 9.17) is 11.6 Å². The normalized spacial score (nSPS) is 10.6. The first-order valence-electron chi connectivity index (χ1n) is 6.82. The molecule has 0 unspecified atom stereocenters. The van der Waals surface area contributed by atoms with Crippen LogP contribution in [0.4, 0.5) is 27.3 Å². The second-order valence-electron chi connectivity index (χ2n) is 4.87. The van der Waals surface area contributed by atoms with Crippen LogP contribution in [0.5, 0.6) is 0 Å². The summed E-state index contributed by atoms with van der Waals surface area (Å²) in [4.78, 5) is 19.0. The van der Waals surface area contributed by atoms with E-state index in [1.165, 1.54) is 30.6 Å². The zero-order valence-electron chi connectivity index (χ0n) is 12.4. The number of benzene rings is 2. The van der Waals surface area contributed by atoms with E-state index in [2.05, 4.69) is 20.6 Å². The van der Waals surface area contributed by atoms with Gasteiger partial charge in [0.2, 0.25) is 0 Å². The summed E-state index contributed by atoms with van der Waals surface area (Å²) >= 11 is 5.76. The van der Waals surface area contributed by atoms with Crippen molar-refractivity contribution in [2.75, 3.05) is 17.7 Å². The Morgan fingerprint density at radius 1 is 1.25 bits per heavy atom. The van der Waals surface area contributed by atoms with Gasteiger partial charge in [0.05, 0.1) is 15.5 Å². The van der Waals surface area contributed by atoms with Crippen molar-refractivity contribution in [2.45, 2.75) is 0 Å². The van der Waals surface area contributed by atoms with E-state index >= 15 is 0 Å². The van der Waals surface area contributed by atoms with E-state index < -0.39 is 10.7 Å². The number of nitro benzene ring substituents is 1. The lowest BCUT2D eigenvalue weighted by molar-refractivity contribution is -0.383. The Hall–Kier alpha value is -3.00. The number of halogens is 2. The monoisotopic (exact) mass is 347 g/mol. The van der Waals surface area contributed by atoms with Crippen LogP contribution in [0.2, 0.25) is 5.02 Å². The third kappa shape index (κ3) is 2.91.